The van der Waals surface area contributed by atoms with E-state index in [1.54, 1.807) is 18.2 Å². The number of nitrogens with zero attached hydrogens (tertiary/aromatic N) is 4. The van der Waals surface area contributed by atoms with Crippen molar-refractivity contribution in [1.29, 1.82) is 5.26 Å². The lowest BCUT2D eigenvalue weighted by Crippen LogP contribution is -2.38. The number of hydrogen-bond acceptors (Lipinski definition) is 6. The average Bonchev–Trinajstić information content (AvgIpc) is 3.24. The molecule has 0 unspecified atom stereocenters. The first-order valence-electron chi connectivity index (χ1n) is 10.3. The van der Waals surface area contributed by atoms with E-state index >= 15 is 0 Å². The molecule has 3 rings (SSSR count). The predicted octanol–water partition coefficient (Wildman–Crippen LogP) is 4.02. The molecule has 7 heteroatoms. The van der Waals surface area contributed by atoms with Crippen molar-refractivity contribution in [2.24, 2.45) is 0 Å². The average molecular weight is 396 g/mol. The van der Waals surface area contributed by atoms with Crippen LogP contribution in [-0.2, 0) is 4.79 Å². The number of benzene rings is 1. The van der Waals surface area contributed by atoms with Gasteiger partial charge in [0.2, 0.25) is 11.8 Å². The Hall–Kier alpha value is -2.88. The van der Waals surface area contributed by atoms with E-state index in [2.05, 4.69) is 16.2 Å². The highest BCUT2D eigenvalue weighted by molar-refractivity contribution is 5.76. The summed E-state index contributed by atoms with van der Waals surface area (Å²) >= 11 is 0. The van der Waals surface area contributed by atoms with Crippen LogP contribution in [0.2, 0.25) is 0 Å². The van der Waals surface area contributed by atoms with E-state index in [1.807, 2.05) is 24.8 Å². The van der Waals surface area contributed by atoms with E-state index in [-0.39, 0.29) is 17.7 Å². The number of unbranched alkanes of at least 4 members (excludes halogenated alkanes) is 1. The minimum absolute atomic E-state index is 0.200. The summed E-state index contributed by atoms with van der Waals surface area (Å²) in [5, 5.41) is 13.0. The Morgan fingerprint density at radius 2 is 2.14 bits per heavy atom. The predicted molar refractivity (Wildman–Crippen MR) is 107 cm³/mol. The van der Waals surface area contributed by atoms with Crippen molar-refractivity contribution in [2.75, 3.05) is 19.7 Å². The molecule has 0 bridgehead atoms. The van der Waals surface area contributed by atoms with Gasteiger partial charge in [-0.1, -0.05) is 25.1 Å². The minimum Gasteiger partial charge on any atom is -0.494 e. The number of carbonyl (C=O) groups is 1. The minimum atomic E-state index is 0.200. The van der Waals surface area contributed by atoms with Crippen LogP contribution in [0, 0.1) is 11.3 Å². The summed E-state index contributed by atoms with van der Waals surface area (Å²) < 4.78 is 11.0. The van der Waals surface area contributed by atoms with Crippen molar-refractivity contribution in [3.63, 3.8) is 0 Å². The van der Waals surface area contributed by atoms with Crippen molar-refractivity contribution < 1.29 is 14.1 Å². The van der Waals surface area contributed by atoms with Crippen LogP contribution < -0.4 is 4.74 Å². The molecule has 0 radical (unpaired) electrons. The summed E-state index contributed by atoms with van der Waals surface area (Å²) in [6, 6.07) is 9.21. The van der Waals surface area contributed by atoms with Crippen LogP contribution in [0.15, 0.2) is 28.8 Å². The Bertz CT molecular complexity index is 848. The molecule has 1 amide bonds. The lowest BCUT2D eigenvalue weighted by Gasteiger charge is -2.30. The quantitative estimate of drug-likeness (QED) is 0.626. The highest BCUT2D eigenvalue weighted by Gasteiger charge is 2.27. The molecule has 2 heterocycles. The summed E-state index contributed by atoms with van der Waals surface area (Å²) in [5.74, 6) is 2.86. The first-order chi connectivity index (χ1) is 14.1. The van der Waals surface area contributed by atoms with E-state index in [4.69, 9.17) is 14.5 Å². The molecule has 2 aromatic rings. The summed E-state index contributed by atoms with van der Waals surface area (Å²) in [4.78, 5) is 18.9. The number of ether oxygens (including phenoxy) is 1. The molecular weight excluding hydrogens is 368 g/mol. The van der Waals surface area contributed by atoms with Gasteiger partial charge >= 0.3 is 0 Å². The molecule has 0 spiro atoms. The molecule has 1 aliphatic rings. The highest BCUT2D eigenvalue weighted by atomic mass is 16.5. The Morgan fingerprint density at radius 1 is 1.34 bits per heavy atom. The zero-order valence-corrected chi connectivity index (χ0v) is 17.1. The van der Waals surface area contributed by atoms with E-state index in [1.165, 1.54) is 0 Å². The second-order valence-corrected chi connectivity index (χ2v) is 7.75. The largest absolute Gasteiger partial charge is 0.494 e. The van der Waals surface area contributed by atoms with Gasteiger partial charge in [0.25, 0.3) is 0 Å². The van der Waals surface area contributed by atoms with Gasteiger partial charge in [0, 0.05) is 31.3 Å². The number of likely N-dealkylation sites (tertiary alicyclic amines) is 1. The van der Waals surface area contributed by atoms with Gasteiger partial charge in [0.05, 0.1) is 18.2 Å². The third kappa shape index (κ3) is 5.80. The fourth-order valence-corrected chi connectivity index (χ4v) is 3.42. The molecule has 1 saturated heterocycles. The van der Waals surface area contributed by atoms with Crippen molar-refractivity contribution >= 4 is 5.91 Å². The number of nitriles is 1. The van der Waals surface area contributed by atoms with Gasteiger partial charge in [-0.05, 0) is 43.9 Å². The molecule has 0 atom stereocenters. The van der Waals surface area contributed by atoms with Crippen LogP contribution in [0.3, 0.4) is 0 Å². The normalized spacial score (nSPS) is 14.8. The van der Waals surface area contributed by atoms with Crippen LogP contribution in [0.1, 0.15) is 75.1 Å². The Morgan fingerprint density at radius 3 is 2.83 bits per heavy atom. The summed E-state index contributed by atoms with van der Waals surface area (Å²) in [6.07, 6.45) is 3.88. The van der Waals surface area contributed by atoms with Crippen LogP contribution in [0.5, 0.6) is 5.75 Å². The maximum absolute atomic E-state index is 12.5. The fourth-order valence-electron chi connectivity index (χ4n) is 3.42. The van der Waals surface area contributed by atoms with Gasteiger partial charge in [-0.3, -0.25) is 4.79 Å². The van der Waals surface area contributed by atoms with Crippen LogP contribution in [0.25, 0.3) is 0 Å². The molecule has 0 aliphatic carbocycles. The smallest absolute Gasteiger partial charge is 0.229 e. The standard InChI is InChI=1S/C22H28N4O3/c1-16(2)22-24-21(25-29-22)18-9-11-26(12-10-18)20(27)8-3-4-13-28-19-7-5-6-17(14-19)15-23/h5-7,14,16,18H,3-4,8-13H2,1-2H3. The molecule has 0 saturated carbocycles. The molecular formula is C22H28N4O3. The number of rotatable bonds is 8. The van der Waals surface area contributed by atoms with Gasteiger partial charge in [-0.25, -0.2) is 0 Å². The Balaban J connectivity index is 1.34. The topological polar surface area (TPSA) is 92.2 Å². The number of piperidine rings is 1. The molecule has 1 aromatic carbocycles. The second-order valence-electron chi connectivity index (χ2n) is 7.75. The lowest BCUT2D eigenvalue weighted by atomic mass is 9.96. The molecule has 0 N–H and O–H groups in total. The SMILES string of the molecule is CC(C)c1nc(C2CCN(C(=O)CCCCOc3cccc(C#N)c3)CC2)no1. The van der Waals surface area contributed by atoms with Gasteiger partial charge in [-0.15, -0.1) is 0 Å². The van der Waals surface area contributed by atoms with E-state index in [9.17, 15) is 4.79 Å². The number of aromatic nitrogens is 2. The molecule has 154 valence electrons. The van der Waals surface area contributed by atoms with Crippen molar-refractivity contribution in [2.45, 2.75) is 57.8 Å². The van der Waals surface area contributed by atoms with Crippen molar-refractivity contribution in [1.82, 2.24) is 15.0 Å². The molecule has 1 aliphatic heterocycles. The maximum atomic E-state index is 12.5. The van der Waals surface area contributed by atoms with Crippen LogP contribution >= 0.6 is 0 Å². The number of hydrogen-bond donors (Lipinski definition) is 0. The van der Waals surface area contributed by atoms with Gasteiger partial charge in [-0.2, -0.15) is 10.2 Å². The van der Waals surface area contributed by atoms with E-state index in [0.29, 0.717) is 30.2 Å². The van der Waals surface area contributed by atoms with E-state index < -0.39 is 0 Å². The zero-order valence-electron chi connectivity index (χ0n) is 17.1. The van der Waals surface area contributed by atoms with Crippen LogP contribution in [-0.4, -0.2) is 40.6 Å². The Labute approximate surface area is 171 Å². The summed E-state index contributed by atoms with van der Waals surface area (Å²) in [7, 11) is 0. The monoisotopic (exact) mass is 396 g/mol. The molecule has 1 fully saturated rings. The number of amides is 1. The third-order valence-corrected chi connectivity index (χ3v) is 5.18. The molecule has 7 nitrogen and oxygen atoms in total. The van der Waals surface area contributed by atoms with Crippen molar-refractivity contribution in [3.8, 4) is 11.8 Å². The highest BCUT2D eigenvalue weighted by Crippen LogP contribution is 2.27. The molecule has 29 heavy (non-hydrogen) atoms. The lowest BCUT2D eigenvalue weighted by molar-refractivity contribution is -0.132. The first-order valence-corrected chi connectivity index (χ1v) is 10.3. The third-order valence-electron chi connectivity index (χ3n) is 5.18. The summed E-state index contributed by atoms with van der Waals surface area (Å²) in [5.41, 5.74) is 0.585. The van der Waals surface area contributed by atoms with Gasteiger partial charge in [0.1, 0.15) is 5.75 Å². The summed E-state index contributed by atoms with van der Waals surface area (Å²) in [6.45, 7) is 6.10. The van der Waals surface area contributed by atoms with Gasteiger partial charge in [0.15, 0.2) is 5.82 Å². The zero-order chi connectivity index (χ0) is 20.6. The Kier molecular flexibility index (Phi) is 7.23. The van der Waals surface area contributed by atoms with Crippen LogP contribution in [0.4, 0.5) is 0 Å². The van der Waals surface area contributed by atoms with Crippen molar-refractivity contribution in [3.05, 3.63) is 41.5 Å². The first kappa shape index (κ1) is 20.8. The van der Waals surface area contributed by atoms with E-state index in [0.717, 1.165) is 44.6 Å². The fraction of sp³-hybridized carbons (Fsp3) is 0.545. The number of carbonyl (C=O) groups excluding carboxylic acids is 1. The maximum Gasteiger partial charge on any atom is 0.229 e. The molecule has 1 aromatic heterocycles. The van der Waals surface area contributed by atoms with Gasteiger partial charge < -0.3 is 14.2 Å². The second kappa shape index (κ2) is 10.1.